The Morgan fingerprint density at radius 3 is 2.94 bits per heavy atom. The van der Waals surface area contributed by atoms with Gasteiger partial charge < -0.3 is 15.6 Å². The number of nitro groups is 1. The molecule has 3 N–H and O–H groups in total. The van der Waals surface area contributed by atoms with Crippen molar-refractivity contribution in [1.82, 2.24) is 9.88 Å². The lowest BCUT2D eigenvalue weighted by molar-refractivity contribution is -0.496. The number of carbonyl (C=O) groups is 1. The quantitative estimate of drug-likeness (QED) is 0.315. The van der Waals surface area contributed by atoms with Gasteiger partial charge >= 0.3 is 0 Å². The van der Waals surface area contributed by atoms with E-state index in [1.807, 2.05) is 0 Å². The lowest BCUT2D eigenvalue weighted by atomic mass is 10.0. The van der Waals surface area contributed by atoms with Crippen molar-refractivity contribution in [1.29, 1.82) is 0 Å². The summed E-state index contributed by atoms with van der Waals surface area (Å²) in [4.78, 5) is 21.8. The van der Waals surface area contributed by atoms with Crippen LogP contribution < -0.4 is 11.1 Å². The number of rotatable bonds is 6. The minimum atomic E-state index is -0.517. The molecule has 7 nitrogen and oxygen atoms in total. The summed E-state index contributed by atoms with van der Waals surface area (Å²) in [6.07, 6.45) is 1.88. The summed E-state index contributed by atoms with van der Waals surface area (Å²) in [5.74, 6) is -0.368. The fraction of sp³-hybridized carbons (Fsp3) is 0.500. The zero-order valence-corrected chi connectivity index (χ0v) is 10.1. The number of nitrogens with zero attached hydrogens (tertiary/aromatic N) is 2. The normalized spacial score (nSPS) is 12.1. The first-order valence-corrected chi connectivity index (χ1v) is 5.47. The Balaban J connectivity index is 2.73. The molecule has 2 radical (unpaired) electrons. The van der Waals surface area contributed by atoms with Crippen LogP contribution in [0, 0.1) is 10.1 Å². The maximum atomic E-state index is 11.8. The van der Waals surface area contributed by atoms with Gasteiger partial charge in [0.25, 0.3) is 5.91 Å². The second kappa shape index (κ2) is 6.20. The van der Waals surface area contributed by atoms with E-state index in [1.165, 1.54) is 10.6 Å². The van der Waals surface area contributed by atoms with Crippen molar-refractivity contribution in [2.45, 2.75) is 25.5 Å². The highest BCUT2D eigenvalue weighted by Crippen LogP contribution is 2.08. The van der Waals surface area contributed by atoms with E-state index in [0.717, 1.165) is 0 Å². The van der Waals surface area contributed by atoms with Crippen molar-refractivity contribution < 1.29 is 9.72 Å². The number of aromatic nitrogens is 1. The van der Waals surface area contributed by atoms with E-state index in [4.69, 9.17) is 13.6 Å². The van der Waals surface area contributed by atoms with Gasteiger partial charge in [-0.3, -0.25) is 14.9 Å². The van der Waals surface area contributed by atoms with Gasteiger partial charge in [-0.2, -0.15) is 0 Å². The molecule has 0 fully saturated rings. The third-order valence-electron chi connectivity index (χ3n) is 2.40. The Hall–Kier alpha value is -1.83. The van der Waals surface area contributed by atoms with Gasteiger partial charge in [-0.1, -0.05) is 6.32 Å². The lowest BCUT2D eigenvalue weighted by Gasteiger charge is -2.12. The third kappa shape index (κ3) is 3.88. The molecule has 1 aromatic heterocycles. The van der Waals surface area contributed by atoms with E-state index < -0.39 is 11.1 Å². The molecule has 0 saturated heterocycles. The third-order valence-corrected chi connectivity index (χ3v) is 2.40. The molecule has 0 aliphatic rings. The Labute approximate surface area is 106 Å². The van der Waals surface area contributed by atoms with Crippen LogP contribution in [-0.4, -0.2) is 29.4 Å². The highest BCUT2D eigenvalue weighted by atomic mass is 16.6. The van der Waals surface area contributed by atoms with Gasteiger partial charge in [0, 0.05) is 23.7 Å². The fourth-order valence-electron chi connectivity index (χ4n) is 1.59. The lowest BCUT2D eigenvalue weighted by Crippen LogP contribution is -2.41. The predicted molar refractivity (Wildman–Crippen MR) is 66.7 cm³/mol. The molecule has 1 atom stereocenters. The first kappa shape index (κ1) is 14.2. The smallest absolute Gasteiger partial charge is 0.269 e. The number of nitrogens with two attached hydrogens (primary N) is 1. The van der Waals surface area contributed by atoms with Crippen molar-refractivity contribution >= 4 is 13.8 Å². The van der Waals surface area contributed by atoms with Gasteiger partial charge in [0.15, 0.2) is 0 Å². The van der Waals surface area contributed by atoms with Crippen LogP contribution in [0.5, 0.6) is 0 Å². The number of carbonyl (C=O) groups excluding carboxylic acids is 1. The minimum absolute atomic E-state index is 0.310. The number of aryl methyl sites for hydroxylation is 1. The van der Waals surface area contributed by atoms with Gasteiger partial charge in [-0.05, 0) is 12.5 Å². The van der Waals surface area contributed by atoms with Crippen molar-refractivity contribution in [3.8, 4) is 0 Å². The Kier molecular flexibility index (Phi) is 4.90. The minimum Gasteiger partial charge on any atom is -0.346 e. The van der Waals surface area contributed by atoms with Gasteiger partial charge in [0.1, 0.15) is 5.69 Å². The average molecular weight is 250 g/mol. The monoisotopic (exact) mass is 250 g/mol. The molecule has 1 rings (SSSR count). The highest BCUT2D eigenvalue weighted by molar-refractivity contribution is 6.08. The van der Waals surface area contributed by atoms with Crippen LogP contribution in [0.15, 0.2) is 12.3 Å². The molecular formula is C10H15BN4O3. The molecule has 0 spiro atoms. The van der Waals surface area contributed by atoms with Crippen molar-refractivity contribution in [2.75, 3.05) is 0 Å². The summed E-state index contributed by atoms with van der Waals surface area (Å²) in [5.41, 5.74) is 6.44. The largest absolute Gasteiger partial charge is 0.346 e. The molecule has 8 heteroatoms. The molecule has 1 aromatic rings. The molecule has 1 unspecified atom stereocenters. The van der Waals surface area contributed by atoms with E-state index in [2.05, 4.69) is 5.32 Å². The van der Waals surface area contributed by atoms with E-state index >= 15 is 0 Å². The van der Waals surface area contributed by atoms with Crippen LogP contribution in [0.4, 0.5) is 0 Å². The second-order valence-electron chi connectivity index (χ2n) is 3.99. The highest BCUT2D eigenvalue weighted by Gasteiger charge is 2.15. The predicted octanol–water partition coefficient (Wildman–Crippen LogP) is -0.207. The van der Waals surface area contributed by atoms with Crippen LogP contribution in [0.2, 0.25) is 6.32 Å². The van der Waals surface area contributed by atoms with Crippen molar-refractivity contribution in [3.63, 3.8) is 0 Å². The molecule has 96 valence electrons. The molecule has 0 bridgehead atoms. The fourth-order valence-corrected chi connectivity index (χ4v) is 1.59. The summed E-state index contributed by atoms with van der Waals surface area (Å²) in [6, 6.07) is 1.48. The summed E-state index contributed by atoms with van der Waals surface area (Å²) in [6.45, 7) is -0.310. The first-order valence-electron chi connectivity index (χ1n) is 5.47. The molecule has 18 heavy (non-hydrogen) atoms. The standard InChI is InChI=1S/C10H15BN4O3/c1-14-5-7(6-15(17)18)4-8(14)10(16)13-9(12)2-3-11/h4-5,9H,2-3,6,12H2,1H3,(H,13,16). The second-order valence-corrected chi connectivity index (χ2v) is 3.99. The molecule has 0 aliphatic heterocycles. The molecule has 0 saturated carbocycles. The maximum absolute atomic E-state index is 11.8. The summed E-state index contributed by atoms with van der Waals surface area (Å²) >= 11 is 0. The molecule has 1 heterocycles. The number of amides is 1. The van der Waals surface area contributed by atoms with Crippen LogP contribution >= 0.6 is 0 Å². The Morgan fingerprint density at radius 2 is 2.39 bits per heavy atom. The number of hydrogen-bond donors (Lipinski definition) is 2. The zero-order valence-electron chi connectivity index (χ0n) is 10.1. The van der Waals surface area contributed by atoms with Gasteiger partial charge in [-0.25, -0.2) is 0 Å². The Bertz CT molecular complexity index is 446. The van der Waals surface area contributed by atoms with Gasteiger partial charge in [0.05, 0.1) is 14.0 Å². The van der Waals surface area contributed by atoms with Crippen molar-refractivity contribution in [2.24, 2.45) is 12.8 Å². The van der Waals surface area contributed by atoms with Crippen molar-refractivity contribution in [3.05, 3.63) is 33.6 Å². The molecule has 0 aromatic carbocycles. The van der Waals surface area contributed by atoms with E-state index in [0.29, 0.717) is 24.0 Å². The Morgan fingerprint density at radius 1 is 1.72 bits per heavy atom. The van der Waals surface area contributed by atoms with Crippen LogP contribution in [0.25, 0.3) is 0 Å². The first-order chi connectivity index (χ1) is 8.43. The van der Waals surface area contributed by atoms with Gasteiger partial charge in [-0.15, -0.1) is 0 Å². The topological polar surface area (TPSA) is 103 Å². The maximum Gasteiger partial charge on any atom is 0.269 e. The summed E-state index contributed by atoms with van der Waals surface area (Å²) < 4.78 is 1.53. The van der Waals surface area contributed by atoms with E-state index in [-0.39, 0.29) is 12.5 Å². The van der Waals surface area contributed by atoms with Gasteiger partial charge in [0.2, 0.25) is 6.54 Å². The van der Waals surface area contributed by atoms with Crippen LogP contribution in [-0.2, 0) is 13.6 Å². The number of hydrogen-bond acceptors (Lipinski definition) is 4. The molecule has 1 amide bonds. The molecule has 0 aliphatic carbocycles. The zero-order chi connectivity index (χ0) is 13.7. The molecular weight excluding hydrogens is 235 g/mol. The SMILES string of the molecule is [B]CCC(N)NC(=O)c1cc(C[N+](=O)[O-])cn1C. The van der Waals surface area contributed by atoms with E-state index in [1.54, 1.807) is 13.2 Å². The van der Waals surface area contributed by atoms with Crippen LogP contribution in [0.1, 0.15) is 22.5 Å². The van der Waals surface area contributed by atoms with Crippen LogP contribution in [0.3, 0.4) is 0 Å². The summed E-state index contributed by atoms with van der Waals surface area (Å²) in [7, 11) is 6.97. The average Bonchev–Trinajstić information content (AvgIpc) is 2.58. The summed E-state index contributed by atoms with van der Waals surface area (Å²) in [5, 5.41) is 13.0. The number of nitrogens with one attached hydrogen (secondary N) is 1. The van der Waals surface area contributed by atoms with E-state index in [9.17, 15) is 14.9 Å².